The Kier molecular flexibility index (Phi) is 3.01. The fourth-order valence-corrected chi connectivity index (χ4v) is 5.04. The lowest BCUT2D eigenvalue weighted by Gasteiger charge is -2.54. The van der Waals surface area contributed by atoms with Crippen molar-refractivity contribution in [3.8, 4) is 0 Å². The van der Waals surface area contributed by atoms with E-state index in [2.05, 4.69) is 10.4 Å². The van der Waals surface area contributed by atoms with Crippen LogP contribution in [-0.4, -0.2) is 21.7 Å². The number of hydrogen-bond donors (Lipinski definition) is 1. The standard InChI is InChI=1S/C15H19F2N3O/c16-15(17)20-12(1-2-18-20)14(21)19-13-10-4-8-3-9(6-10)7-11(13)5-8/h1-2,8-11,13,15H,3-7H2,(H,19,21). The Labute approximate surface area is 121 Å². The van der Waals surface area contributed by atoms with Crippen molar-refractivity contribution in [2.24, 2.45) is 23.7 Å². The topological polar surface area (TPSA) is 46.9 Å². The summed E-state index contributed by atoms with van der Waals surface area (Å²) in [6.07, 6.45) is 7.35. The van der Waals surface area contributed by atoms with E-state index in [0.717, 1.165) is 11.8 Å². The quantitative estimate of drug-likeness (QED) is 0.932. The van der Waals surface area contributed by atoms with Gasteiger partial charge >= 0.3 is 6.55 Å². The van der Waals surface area contributed by atoms with Gasteiger partial charge in [0.2, 0.25) is 0 Å². The molecular weight excluding hydrogens is 276 g/mol. The zero-order valence-corrected chi connectivity index (χ0v) is 11.7. The molecule has 0 aliphatic heterocycles. The summed E-state index contributed by atoms with van der Waals surface area (Å²) < 4.78 is 26.1. The van der Waals surface area contributed by atoms with E-state index in [1.807, 2.05) is 0 Å². The van der Waals surface area contributed by atoms with Gasteiger partial charge in [-0.2, -0.15) is 18.6 Å². The minimum Gasteiger partial charge on any atom is -0.347 e. The molecule has 4 saturated carbocycles. The number of hydrogen-bond acceptors (Lipinski definition) is 2. The second-order valence-corrected chi connectivity index (χ2v) is 6.87. The first kappa shape index (κ1) is 13.2. The Balaban J connectivity index is 1.51. The lowest BCUT2D eigenvalue weighted by Crippen LogP contribution is -2.56. The summed E-state index contributed by atoms with van der Waals surface area (Å²) in [5.74, 6) is 2.31. The number of halogens is 2. The molecule has 6 heteroatoms. The fraction of sp³-hybridized carbons (Fsp3) is 0.733. The van der Waals surface area contributed by atoms with E-state index in [4.69, 9.17) is 0 Å². The van der Waals surface area contributed by atoms with Gasteiger partial charge in [0.25, 0.3) is 5.91 Å². The van der Waals surface area contributed by atoms with Crippen molar-refractivity contribution in [3.05, 3.63) is 18.0 Å². The van der Waals surface area contributed by atoms with Crippen molar-refractivity contribution in [2.75, 3.05) is 0 Å². The maximum atomic E-state index is 12.8. The Bertz CT molecular complexity index is 529. The van der Waals surface area contributed by atoms with E-state index in [1.165, 1.54) is 44.4 Å². The van der Waals surface area contributed by atoms with Crippen LogP contribution in [-0.2, 0) is 0 Å². The summed E-state index contributed by atoms with van der Waals surface area (Å²) in [7, 11) is 0. The molecular formula is C15H19F2N3O. The van der Waals surface area contributed by atoms with Crippen molar-refractivity contribution in [1.82, 2.24) is 15.1 Å². The summed E-state index contributed by atoms with van der Waals surface area (Å²) in [4.78, 5) is 12.3. The summed E-state index contributed by atoms with van der Waals surface area (Å²) in [5.41, 5.74) is -0.0428. The minimum atomic E-state index is -2.78. The number of aromatic nitrogens is 2. The zero-order chi connectivity index (χ0) is 14.6. The number of alkyl halides is 2. The molecule has 0 saturated heterocycles. The molecule has 1 amide bonds. The van der Waals surface area contributed by atoms with E-state index in [0.29, 0.717) is 16.5 Å². The predicted molar refractivity (Wildman–Crippen MR) is 71.8 cm³/mol. The Hall–Kier alpha value is -1.46. The van der Waals surface area contributed by atoms with Crippen molar-refractivity contribution in [2.45, 2.75) is 44.7 Å². The van der Waals surface area contributed by atoms with E-state index in [-0.39, 0.29) is 11.7 Å². The maximum Gasteiger partial charge on any atom is 0.333 e. The Morgan fingerprint density at radius 1 is 1.19 bits per heavy atom. The molecule has 0 atom stereocenters. The Morgan fingerprint density at radius 2 is 1.81 bits per heavy atom. The van der Waals surface area contributed by atoms with Crippen molar-refractivity contribution >= 4 is 5.91 Å². The lowest BCUT2D eigenvalue weighted by molar-refractivity contribution is -0.0125. The van der Waals surface area contributed by atoms with Crippen LogP contribution in [0.3, 0.4) is 0 Å². The molecule has 4 fully saturated rings. The first-order chi connectivity index (χ1) is 10.1. The molecule has 4 bridgehead atoms. The number of rotatable bonds is 3. The minimum absolute atomic E-state index is 0.0428. The van der Waals surface area contributed by atoms with Crippen molar-refractivity contribution in [3.63, 3.8) is 0 Å². The maximum absolute atomic E-state index is 12.8. The highest BCUT2D eigenvalue weighted by molar-refractivity contribution is 5.92. The molecule has 1 heterocycles. The second-order valence-electron chi connectivity index (χ2n) is 6.87. The molecule has 0 aromatic carbocycles. The third kappa shape index (κ3) is 2.15. The van der Waals surface area contributed by atoms with Crippen molar-refractivity contribution < 1.29 is 13.6 Å². The molecule has 21 heavy (non-hydrogen) atoms. The SMILES string of the molecule is O=C(NC1C2CC3CC(C2)CC1C3)c1ccnn1C(F)F. The average molecular weight is 295 g/mol. The van der Waals surface area contributed by atoms with Crippen LogP contribution < -0.4 is 5.32 Å². The number of amides is 1. The highest BCUT2D eigenvalue weighted by atomic mass is 19.3. The normalized spacial score (nSPS) is 37.2. The second kappa shape index (κ2) is 4.78. The molecule has 5 rings (SSSR count). The fourth-order valence-electron chi connectivity index (χ4n) is 5.04. The average Bonchev–Trinajstić information content (AvgIpc) is 2.91. The van der Waals surface area contributed by atoms with Gasteiger partial charge in [-0.1, -0.05) is 0 Å². The highest BCUT2D eigenvalue weighted by Crippen LogP contribution is 2.53. The highest BCUT2D eigenvalue weighted by Gasteiger charge is 2.48. The third-order valence-electron chi connectivity index (χ3n) is 5.61. The van der Waals surface area contributed by atoms with Crippen LogP contribution in [0.1, 0.15) is 49.1 Å². The summed E-state index contributed by atoms with van der Waals surface area (Å²) >= 11 is 0. The van der Waals surface area contributed by atoms with Gasteiger partial charge in [-0.3, -0.25) is 4.79 Å². The van der Waals surface area contributed by atoms with Gasteiger partial charge in [0.15, 0.2) is 0 Å². The molecule has 1 aromatic rings. The zero-order valence-electron chi connectivity index (χ0n) is 11.7. The number of nitrogens with zero attached hydrogens (tertiary/aromatic N) is 2. The smallest absolute Gasteiger partial charge is 0.333 e. The van der Waals surface area contributed by atoms with Crippen LogP contribution in [0.5, 0.6) is 0 Å². The van der Waals surface area contributed by atoms with Crippen LogP contribution in [0.2, 0.25) is 0 Å². The Morgan fingerprint density at radius 3 is 2.38 bits per heavy atom. The molecule has 0 spiro atoms. The van der Waals surface area contributed by atoms with E-state index in [1.54, 1.807) is 0 Å². The number of carbonyl (C=O) groups is 1. The molecule has 1 aromatic heterocycles. The van der Waals surface area contributed by atoms with Crippen LogP contribution in [0.4, 0.5) is 8.78 Å². The van der Waals surface area contributed by atoms with Gasteiger partial charge in [-0.05, 0) is 61.8 Å². The number of carbonyl (C=O) groups excluding carboxylic acids is 1. The van der Waals surface area contributed by atoms with Gasteiger partial charge < -0.3 is 5.32 Å². The van der Waals surface area contributed by atoms with Crippen molar-refractivity contribution in [1.29, 1.82) is 0 Å². The monoisotopic (exact) mass is 295 g/mol. The molecule has 4 nitrogen and oxygen atoms in total. The van der Waals surface area contributed by atoms with Crippen LogP contribution in [0, 0.1) is 23.7 Å². The lowest BCUT2D eigenvalue weighted by atomic mass is 9.54. The van der Waals surface area contributed by atoms with E-state index in [9.17, 15) is 13.6 Å². The molecule has 114 valence electrons. The molecule has 4 aliphatic rings. The third-order valence-corrected chi connectivity index (χ3v) is 5.61. The van der Waals surface area contributed by atoms with Crippen LogP contribution >= 0.6 is 0 Å². The molecule has 1 N–H and O–H groups in total. The molecule has 4 aliphatic carbocycles. The van der Waals surface area contributed by atoms with Gasteiger partial charge in [0, 0.05) is 12.2 Å². The summed E-state index contributed by atoms with van der Waals surface area (Å²) in [6.45, 7) is -2.78. The summed E-state index contributed by atoms with van der Waals surface area (Å²) in [5, 5.41) is 6.55. The first-order valence-corrected chi connectivity index (χ1v) is 7.74. The number of nitrogens with one attached hydrogen (secondary N) is 1. The van der Waals surface area contributed by atoms with Crippen LogP contribution in [0.25, 0.3) is 0 Å². The van der Waals surface area contributed by atoms with Crippen LogP contribution in [0.15, 0.2) is 12.3 Å². The van der Waals surface area contributed by atoms with Gasteiger partial charge in [-0.25, -0.2) is 0 Å². The van der Waals surface area contributed by atoms with Gasteiger partial charge in [0.05, 0.1) is 0 Å². The predicted octanol–water partition coefficient (Wildman–Crippen LogP) is 2.83. The van der Waals surface area contributed by atoms with Gasteiger partial charge in [0.1, 0.15) is 5.69 Å². The largest absolute Gasteiger partial charge is 0.347 e. The first-order valence-electron chi connectivity index (χ1n) is 7.74. The summed E-state index contributed by atoms with van der Waals surface area (Å²) in [6, 6.07) is 1.52. The van der Waals surface area contributed by atoms with Gasteiger partial charge in [-0.15, -0.1) is 0 Å². The van der Waals surface area contributed by atoms with E-state index < -0.39 is 12.5 Å². The van der Waals surface area contributed by atoms with E-state index >= 15 is 0 Å². The molecule has 0 unspecified atom stereocenters. The molecule has 0 radical (unpaired) electrons.